The van der Waals surface area contributed by atoms with Crippen LogP contribution >= 0.6 is 0 Å². The number of unbranched alkanes of at least 4 members (excludes halogenated alkanes) is 26. The van der Waals surface area contributed by atoms with Gasteiger partial charge in [0.1, 0.15) is 6.61 Å². The highest BCUT2D eigenvalue weighted by Crippen LogP contribution is 2.14. The van der Waals surface area contributed by atoms with Gasteiger partial charge >= 0.3 is 11.9 Å². The van der Waals surface area contributed by atoms with E-state index in [9.17, 15) is 9.59 Å². The Hall–Kier alpha value is -1.36. The van der Waals surface area contributed by atoms with Gasteiger partial charge in [-0.3, -0.25) is 9.59 Å². The van der Waals surface area contributed by atoms with E-state index in [4.69, 9.17) is 14.2 Å². The topological polar surface area (TPSA) is 61.8 Å². The number of ether oxygens (including phenoxy) is 3. The van der Waals surface area contributed by atoms with E-state index >= 15 is 0 Å². The maximum absolute atomic E-state index is 12.6. The first-order valence-corrected chi connectivity index (χ1v) is 21.2. The number of hydrogen-bond acceptors (Lipinski definition) is 5. The van der Waals surface area contributed by atoms with Gasteiger partial charge in [-0.25, -0.2) is 0 Å². The minimum atomic E-state index is -0.525. The van der Waals surface area contributed by atoms with E-state index in [2.05, 4.69) is 32.9 Å². The lowest BCUT2D eigenvalue weighted by atomic mass is 10.1. The van der Waals surface area contributed by atoms with Crippen LogP contribution in [0.15, 0.2) is 12.2 Å². The molecule has 0 aromatic carbocycles. The van der Waals surface area contributed by atoms with Crippen molar-refractivity contribution in [1.82, 2.24) is 0 Å². The highest BCUT2D eigenvalue weighted by atomic mass is 16.6. The summed E-state index contributed by atoms with van der Waals surface area (Å²) in [5.74, 6) is -0.397. The molecule has 0 fully saturated rings. The minimum absolute atomic E-state index is 0.0901. The van der Waals surface area contributed by atoms with Crippen molar-refractivity contribution in [2.75, 3.05) is 19.8 Å². The summed E-state index contributed by atoms with van der Waals surface area (Å²) in [7, 11) is 0. The average molecular weight is 679 g/mol. The second kappa shape index (κ2) is 40.1. The first-order chi connectivity index (χ1) is 23.6. The van der Waals surface area contributed by atoms with Crippen LogP contribution in [0.2, 0.25) is 0 Å². The molecule has 48 heavy (non-hydrogen) atoms. The molecular weight excluding hydrogens is 596 g/mol. The molecular formula is C43H82O5. The summed E-state index contributed by atoms with van der Waals surface area (Å²) >= 11 is 0. The van der Waals surface area contributed by atoms with Gasteiger partial charge in [0, 0.05) is 19.4 Å². The molecule has 0 aliphatic rings. The molecule has 0 aromatic rings. The van der Waals surface area contributed by atoms with Crippen LogP contribution in [0, 0.1) is 0 Å². The Balaban J connectivity index is 4.15. The van der Waals surface area contributed by atoms with E-state index in [1.807, 2.05) is 0 Å². The lowest BCUT2D eigenvalue weighted by molar-refractivity contribution is -0.163. The second-order valence-electron chi connectivity index (χ2n) is 14.3. The maximum Gasteiger partial charge on any atom is 0.306 e. The fourth-order valence-electron chi connectivity index (χ4n) is 6.09. The number of carbonyl (C=O) groups is 2. The van der Waals surface area contributed by atoms with Crippen molar-refractivity contribution in [3.63, 3.8) is 0 Å². The van der Waals surface area contributed by atoms with Crippen LogP contribution in [0.3, 0.4) is 0 Å². The Bertz CT molecular complexity index is 691. The van der Waals surface area contributed by atoms with Crippen molar-refractivity contribution in [2.45, 2.75) is 232 Å². The molecule has 284 valence electrons. The molecule has 0 rings (SSSR count). The molecule has 1 unspecified atom stereocenters. The maximum atomic E-state index is 12.6. The zero-order valence-corrected chi connectivity index (χ0v) is 32.5. The minimum Gasteiger partial charge on any atom is -0.462 e. The largest absolute Gasteiger partial charge is 0.462 e. The standard InChI is InChI=1S/C43H82O5/c1-4-7-10-13-16-18-20-21-22-24-26-29-32-35-38-46-39-41(48-43(45)37-34-31-27-15-12-9-6-3)40-47-42(44)36-33-30-28-25-23-19-17-14-11-8-5-2/h18,20,41H,4-17,19,21-40H2,1-3H3/b20-18-. The first kappa shape index (κ1) is 46.6. The predicted molar refractivity (Wildman–Crippen MR) is 206 cm³/mol. The number of rotatable bonds is 39. The Morgan fingerprint density at radius 2 is 0.812 bits per heavy atom. The van der Waals surface area contributed by atoms with Crippen molar-refractivity contribution < 1.29 is 23.8 Å². The molecule has 0 saturated carbocycles. The van der Waals surface area contributed by atoms with Gasteiger partial charge in [-0.2, -0.15) is 0 Å². The highest BCUT2D eigenvalue weighted by Gasteiger charge is 2.17. The summed E-state index contributed by atoms with van der Waals surface area (Å²) in [6.07, 6.45) is 42.1. The SMILES string of the molecule is CCCCCC/C=C\CCCCCCCCOCC(COC(=O)CCCCCCCCCCCCC)OC(=O)CCCCCCCCC. The van der Waals surface area contributed by atoms with E-state index < -0.39 is 6.10 Å². The molecule has 0 heterocycles. The lowest BCUT2D eigenvalue weighted by Gasteiger charge is -2.18. The van der Waals surface area contributed by atoms with Gasteiger partial charge in [-0.05, 0) is 44.9 Å². The molecule has 0 saturated heterocycles. The van der Waals surface area contributed by atoms with Gasteiger partial charge in [-0.15, -0.1) is 0 Å². The summed E-state index contributed by atoms with van der Waals surface area (Å²) in [6.45, 7) is 7.78. The Morgan fingerprint density at radius 1 is 0.438 bits per heavy atom. The van der Waals surface area contributed by atoms with Crippen molar-refractivity contribution in [2.24, 2.45) is 0 Å². The fraction of sp³-hybridized carbons (Fsp3) is 0.907. The summed E-state index contributed by atoms with van der Waals surface area (Å²) in [6, 6.07) is 0. The highest BCUT2D eigenvalue weighted by molar-refractivity contribution is 5.70. The van der Waals surface area contributed by atoms with Crippen LogP contribution in [-0.4, -0.2) is 37.9 Å². The second-order valence-corrected chi connectivity index (χ2v) is 14.3. The molecule has 0 aliphatic heterocycles. The Labute approximate surface area is 299 Å². The fourth-order valence-corrected chi connectivity index (χ4v) is 6.09. The molecule has 5 nitrogen and oxygen atoms in total. The van der Waals surface area contributed by atoms with Gasteiger partial charge in [0.25, 0.3) is 0 Å². The molecule has 0 spiro atoms. The Kier molecular flexibility index (Phi) is 38.9. The number of esters is 2. The van der Waals surface area contributed by atoms with Crippen LogP contribution in [0.5, 0.6) is 0 Å². The third kappa shape index (κ3) is 37.5. The van der Waals surface area contributed by atoms with Gasteiger partial charge < -0.3 is 14.2 Å². The van der Waals surface area contributed by atoms with E-state index in [0.717, 1.165) is 38.5 Å². The van der Waals surface area contributed by atoms with E-state index in [-0.39, 0.29) is 18.5 Å². The summed E-state index contributed by atoms with van der Waals surface area (Å²) in [4.78, 5) is 25.0. The summed E-state index contributed by atoms with van der Waals surface area (Å²) in [5.41, 5.74) is 0. The molecule has 0 N–H and O–H groups in total. The zero-order chi connectivity index (χ0) is 35.0. The number of allylic oxidation sites excluding steroid dienone is 2. The third-order valence-electron chi connectivity index (χ3n) is 9.30. The van der Waals surface area contributed by atoms with Crippen molar-refractivity contribution >= 4 is 11.9 Å². The van der Waals surface area contributed by atoms with Gasteiger partial charge in [0.15, 0.2) is 6.10 Å². The van der Waals surface area contributed by atoms with Gasteiger partial charge in [0.05, 0.1) is 6.61 Å². The molecule has 0 aliphatic carbocycles. The Morgan fingerprint density at radius 3 is 1.29 bits per heavy atom. The third-order valence-corrected chi connectivity index (χ3v) is 9.30. The lowest BCUT2D eigenvalue weighted by Crippen LogP contribution is -2.30. The molecule has 0 amide bonds. The van der Waals surface area contributed by atoms with E-state index in [1.54, 1.807) is 0 Å². The average Bonchev–Trinajstić information content (AvgIpc) is 3.08. The molecule has 5 heteroatoms. The smallest absolute Gasteiger partial charge is 0.306 e. The predicted octanol–water partition coefficient (Wildman–Crippen LogP) is 13.6. The van der Waals surface area contributed by atoms with Crippen molar-refractivity contribution in [1.29, 1.82) is 0 Å². The van der Waals surface area contributed by atoms with Crippen LogP contribution < -0.4 is 0 Å². The monoisotopic (exact) mass is 679 g/mol. The number of carbonyl (C=O) groups excluding carboxylic acids is 2. The molecule has 0 radical (unpaired) electrons. The van der Waals surface area contributed by atoms with Crippen LogP contribution in [0.4, 0.5) is 0 Å². The quantitative estimate of drug-likeness (QED) is 0.0368. The first-order valence-electron chi connectivity index (χ1n) is 21.2. The van der Waals surface area contributed by atoms with Crippen molar-refractivity contribution in [3.8, 4) is 0 Å². The van der Waals surface area contributed by atoms with E-state index in [0.29, 0.717) is 26.1 Å². The summed E-state index contributed by atoms with van der Waals surface area (Å²) in [5, 5.41) is 0. The number of hydrogen-bond donors (Lipinski definition) is 0. The zero-order valence-electron chi connectivity index (χ0n) is 32.5. The van der Waals surface area contributed by atoms with Gasteiger partial charge in [-0.1, -0.05) is 181 Å². The van der Waals surface area contributed by atoms with Gasteiger partial charge in [0.2, 0.25) is 0 Å². The summed E-state index contributed by atoms with van der Waals surface area (Å²) < 4.78 is 17.2. The normalized spacial score (nSPS) is 12.1. The molecule has 1 atom stereocenters. The molecule has 0 aromatic heterocycles. The van der Waals surface area contributed by atoms with Crippen LogP contribution in [0.1, 0.15) is 226 Å². The van der Waals surface area contributed by atoms with Crippen molar-refractivity contribution in [3.05, 3.63) is 12.2 Å². The van der Waals surface area contributed by atoms with E-state index in [1.165, 1.54) is 154 Å². The van der Waals surface area contributed by atoms with Crippen LogP contribution in [0.25, 0.3) is 0 Å². The van der Waals surface area contributed by atoms with Crippen LogP contribution in [-0.2, 0) is 23.8 Å². The molecule has 0 bridgehead atoms.